The zero-order valence-corrected chi connectivity index (χ0v) is 10.2. The Hall–Kier alpha value is -1.66. The lowest BCUT2D eigenvalue weighted by Gasteiger charge is -2.26. The first-order valence-corrected chi connectivity index (χ1v) is 6.05. The van der Waals surface area contributed by atoms with E-state index in [1.807, 2.05) is 13.0 Å². The first kappa shape index (κ1) is 11.4. The van der Waals surface area contributed by atoms with Gasteiger partial charge in [-0.15, -0.1) is 0 Å². The highest BCUT2D eigenvalue weighted by atomic mass is 16.5. The molecule has 2 atom stereocenters. The quantitative estimate of drug-likeness (QED) is 0.835. The summed E-state index contributed by atoms with van der Waals surface area (Å²) in [5, 5.41) is 17.7. The second-order valence-corrected chi connectivity index (χ2v) is 4.66. The highest BCUT2D eigenvalue weighted by molar-refractivity contribution is 5.66. The van der Waals surface area contributed by atoms with Gasteiger partial charge in [0.1, 0.15) is 11.1 Å². The molecule has 0 radical (unpaired) electrons. The largest absolute Gasteiger partial charge is 0.385 e. The third kappa shape index (κ3) is 1.83. The van der Waals surface area contributed by atoms with Crippen molar-refractivity contribution in [3.8, 4) is 0 Å². The van der Waals surface area contributed by atoms with E-state index >= 15 is 0 Å². The zero-order chi connectivity index (χ0) is 12.6. The summed E-state index contributed by atoms with van der Waals surface area (Å²) < 4.78 is 7.15. The van der Waals surface area contributed by atoms with E-state index in [1.165, 1.54) is 0 Å². The Bertz CT molecular complexity index is 556. The molecule has 0 bridgehead atoms. The van der Waals surface area contributed by atoms with E-state index in [-0.39, 0.29) is 6.10 Å². The van der Waals surface area contributed by atoms with E-state index in [2.05, 4.69) is 15.4 Å². The molecule has 2 aromatic rings. The summed E-state index contributed by atoms with van der Waals surface area (Å²) in [5.41, 5.74) is 0.0711. The first-order valence-electron chi connectivity index (χ1n) is 6.05. The predicted octanol–water partition coefficient (Wildman–Crippen LogP) is 0.681. The van der Waals surface area contributed by atoms with Crippen molar-refractivity contribution in [3.05, 3.63) is 24.7 Å². The molecule has 3 rings (SSSR count). The van der Waals surface area contributed by atoms with Crippen molar-refractivity contribution < 1.29 is 9.84 Å². The Kier molecular flexibility index (Phi) is 2.68. The fourth-order valence-electron chi connectivity index (χ4n) is 2.23. The van der Waals surface area contributed by atoms with Gasteiger partial charge in [0.15, 0.2) is 5.82 Å². The molecule has 2 aromatic heterocycles. The molecule has 1 aliphatic rings. The average Bonchev–Trinajstić information content (AvgIpc) is 2.95. The molecule has 0 amide bonds. The molecule has 2 unspecified atom stereocenters. The maximum atomic E-state index is 10.4. The van der Waals surface area contributed by atoms with E-state index in [1.54, 1.807) is 23.1 Å². The van der Waals surface area contributed by atoms with E-state index in [9.17, 15) is 5.11 Å². The summed E-state index contributed by atoms with van der Waals surface area (Å²) in [4.78, 5) is 4.27. The highest BCUT2D eigenvalue weighted by Crippen LogP contribution is 2.26. The van der Waals surface area contributed by atoms with Gasteiger partial charge in [0.05, 0.1) is 12.3 Å². The van der Waals surface area contributed by atoms with Crippen LogP contribution in [-0.4, -0.2) is 44.6 Å². The molecular weight excluding hydrogens is 232 g/mol. The van der Waals surface area contributed by atoms with Crippen LogP contribution >= 0.6 is 0 Å². The summed E-state index contributed by atoms with van der Waals surface area (Å²) in [6.45, 7) is 2.91. The lowest BCUT2D eigenvalue weighted by molar-refractivity contribution is -0.0176. The smallest absolute Gasteiger partial charge is 0.152 e. The van der Waals surface area contributed by atoms with Crippen LogP contribution in [0.5, 0.6) is 0 Å². The minimum atomic E-state index is -0.825. The van der Waals surface area contributed by atoms with Crippen LogP contribution in [-0.2, 0) is 4.74 Å². The molecule has 0 saturated carbocycles. The lowest BCUT2D eigenvalue weighted by Crippen LogP contribution is -2.43. The number of rotatable bonds is 3. The maximum absolute atomic E-state index is 10.4. The van der Waals surface area contributed by atoms with Crippen LogP contribution in [0.15, 0.2) is 24.7 Å². The minimum Gasteiger partial charge on any atom is -0.385 e. The van der Waals surface area contributed by atoms with Gasteiger partial charge in [0.25, 0.3) is 0 Å². The number of nitrogens with one attached hydrogen (secondary N) is 1. The molecule has 6 heteroatoms. The van der Waals surface area contributed by atoms with E-state index in [0.29, 0.717) is 19.6 Å². The molecule has 6 nitrogen and oxygen atoms in total. The van der Waals surface area contributed by atoms with Crippen LogP contribution in [0.2, 0.25) is 0 Å². The summed E-state index contributed by atoms with van der Waals surface area (Å²) in [7, 11) is 0. The van der Waals surface area contributed by atoms with Crippen molar-refractivity contribution in [2.45, 2.75) is 25.0 Å². The van der Waals surface area contributed by atoms with Crippen LogP contribution in [0.3, 0.4) is 0 Å². The van der Waals surface area contributed by atoms with Gasteiger partial charge in [0.2, 0.25) is 0 Å². The van der Waals surface area contributed by atoms with Gasteiger partial charge < -0.3 is 15.2 Å². The predicted molar refractivity (Wildman–Crippen MR) is 66.5 cm³/mol. The van der Waals surface area contributed by atoms with Crippen LogP contribution < -0.4 is 5.32 Å². The highest BCUT2D eigenvalue weighted by Gasteiger charge is 2.39. The number of aromatic nitrogens is 3. The standard InChI is InChI=1S/C12H16N4O2/c1-9-12(17,3-7-18-9)8-14-11-10-2-4-15-16(10)6-5-13-11/h2,4-6,9,17H,3,7-8H2,1H3,(H,13,14). The minimum absolute atomic E-state index is 0.158. The Morgan fingerprint density at radius 2 is 2.50 bits per heavy atom. The normalized spacial score (nSPS) is 27.8. The number of fused-ring (bicyclic) bond motifs is 1. The molecular formula is C12H16N4O2. The fourth-order valence-corrected chi connectivity index (χ4v) is 2.23. The van der Waals surface area contributed by atoms with Gasteiger partial charge in [-0.05, 0) is 13.0 Å². The Morgan fingerprint density at radius 3 is 3.28 bits per heavy atom. The molecule has 0 spiro atoms. The van der Waals surface area contributed by atoms with Gasteiger partial charge in [-0.1, -0.05) is 0 Å². The number of hydrogen-bond acceptors (Lipinski definition) is 5. The molecule has 1 aliphatic heterocycles. The molecule has 96 valence electrons. The summed E-state index contributed by atoms with van der Waals surface area (Å²) in [6.07, 6.45) is 5.67. The number of anilines is 1. The molecule has 0 aliphatic carbocycles. The van der Waals surface area contributed by atoms with E-state index in [0.717, 1.165) is 11.3 Å². The summed E-state index contributed by atoms with van der Waals surface area (Å²) >= 11 is 0. The molecule has 2 N–H and O–H groups in total. The molecule has 1 saturated heterocycles. The van der Waals surface area contributed by atoms with Crippen molar-refractivity contribution in [2.75, 3.05) is 18.5 Å². The topological polar surface area (TPSA) is 71.7 Å². The SMILES string of the molecule is CC1OCCC1(O)CNc1nccn2nccc12. The molecule has 18 heavy (non-hydrogen) atoms. The van der Waals surface area contributed by atoms with Crippen molar-refractivity contribution >= 4 is 11.3 Å². The van der Waals surface area contributed by atoms with Crippen LogP contribution in [0.1, 0.15) is 13.3 Å². The summed E-state index contributed by atoms with van der Waals surface area (Å²) in [6, 6.07) is 1.88. The third-order valence-electron chi connectivity index (χ3n) is 3.55. The second kappa shape index (κ2) is 4.22. The molecule has 0 aromatic carbocycles. The first-order chi connectivity index (χ1) is 8.69. The Labute approximate surface area is 105 Å². The Morgan fingerprint density at radius 1 is 1.61 bits per heavy atom. The average molecular weight is 248 g/mol. The molecule has 1 fully saturated rings. The van der Waals surface area contributed by atoms with Crippen molar-refractivity contribution in [2.24, 2.45) is 0 Å². The number of ether oxygens (including phenoxy) is 1. The number of hydrogen-bond donors (Lipinski definition) is 2. The third-order valence-corrected chi connectivity index (χ3v) is 3.55. The summed E-state index contributed by atoms with van der Waals surface area (Å²) in [5.74, 6) is 0.725. The van der Waals surface area contributed by atoms with Gasteiger partial charge in [0, 0.05) is 32.0 Å². The van der Waals surface area contributed by atoms with Gasteiger partial charge in [-0.3, -0.25) is 0 Å². The van der Waals surface area contributed by atoms with Gasteiger partial charge >= 0.3 is 0 Å². The van der Waals surface area contributed by atoms with Crippen molar-refractivity contribution in [1.82, 2.24) is 14.6 Å². The van der Waals surface area contributed by atoms with Crippen molar-refractivity contribution in [1.29, 1.82) is 0 Å². The fraction of sp³-hybridized carbons (Fsp3) is 0.500. The molecule has 3 heterocycles. The number of aliphatic hydroxyl groups is 1. The number of nitrogens with zero attached hydrogens (tertiary/aromatic N) is 3. The monoisotopic (exact) mass is 248 g/mol. The van der Waals surface area contributed by atoms with Gasteiger partial charge in [-0.25, -0.2) is 9.50 Å². The maximum Gasteiger partial charge on any atom is 0.152 e. The van der Waals surface area contributed by atoms with Crippen molar-refractivity contribution in [3.63, 3.8) is 0 Å². The zero-order valence-electron chi connectivity index (χ0n) is 10.2. The van der Waals surface area contributed by atoms with E-state index < -0.39 is 5.60 Å². The Balaban J connectivity index is 1.79. The van der Waals surface area contributed by atoms with E-state index in [4.69, 9.17) is 4.74 Å². The lowest BCUT2D eigenvalue weighted by atomic mass is 9.97. The van der Waals surface area contributed by atoms with Crippen LogP contribution in [0.25, 0.3) is 5.52 Å². The van der Waals surface area contributed by atoms with Crippen LogP contribution in [0.4, 0.5) is 5.82 Å². The van der Waals surface area contributed by atoms with Crippen LogP contribution in [0, 0.1) is 0 Å². The van der Waals surface area contributed by atoms with Gasteiger partial charge in [-0.2, -0.15) is 5.10 Å². The second-order valence-electron chi connectivity index (χ2n) is 4.66.